The quantitative estimate of drug-likeness (QED) is 0.743. The van der Waals surface area contributed by atoms with Crippen molar-refractivity contribution in [3.8, 4) is 0 Å². The van der Waals surface area contributed by atoms with Gasteiger partial charge in [0.05, 0.1) is 10.9 Å². The van der Waals surface area contributed by atoms with E-state index in [0.717, 1.165) is 31.5 Å². The number of carbonyl (C=O) groups is 1. The number of hydrogen-bond acceptors (Lipinski definition) is 3. The van der Waals surface area contributed by atoms with Crippen LogP contribution in [0.2, 0.25) is 5.02 Å². The largest absolute Gasteiger partial charge is 0.322 e. The second-order valence-electron chi connectivity index (χ2n) is 6.49. The molecule has 0 saturated heterocycles. The monoisotopic (exact) mass is 367 g/mol. The zero-order valence-electron chi connectivity index (χ0n) is 14.2. The molecule has 0 atom stereocenters. The Bertz CT molecular complexity index is 1060. The molecule has 1 aliphatic rings. The van der Waals surface area contributed by atoms with Gasteiger partial charge in [-0.2, -0.15) is 0 Å². The van der Waals surface area contributed by atoms with Crippen LogP contribution in [0.1, 0.15) is 35.4 Å². The summed E-state index contributed by atoms with van der Waals surface area (Å²) in [7, 11) is 0. The van der Waals surface area contributed by atoms with E-state index >= 15 is 0 Å². The number of nitrogens with one attached hydrogen (secondary N) is 1. The minimum absolute atomic E-state index is 0.0363. The smallest absolute Gasteiger partial charge is 0.261 e. The highest BCUT2D eigenvalue weighted by Crippen LogP contribution is 2.19. The van der Waals surface area contributed by atoms with Gasteiger partial charge < -0.3 is 5.32 Å². The number of halogens is 1. The molecule has 0 spiro atoms. The maximum atomic E-state index is 12.9. The Morgan fingerprint density at radius 2 is 2.00 bits per heavy atom. The van der Waals surface area contributed by atoms with Crippen LogP contribution >= 0.6 is 11.6 Å². The Morgan fingerprint density at radius 1 is 1.12 bits per heavy atom. The molecule has 1 N–H and O–H groups in total. The van der Waals surface area contributed by atoms with Crippen LogP contribution in [0.3, 0.4) is 0 Å². The van der Waals surface area contributed by atoms with E-state index in [1.54, 1.807) is 47.0 Å². The fourth-order valence-electron chi connectivity index (χ4n) is 3.33. The van der Waals surface area contributed by atoms with Crippen LogP contribution in [-0.4, -0.2) is 15.5 Å². The van der Waals surface area contributed by atoms with Crippen molar-refractivity contribution in [1.29, 1.82) is 0 Å². The zero-order chi connectivity index (χ0) is 18.1. The van der Waals surface area contributed by atoms with Crippen molar-refractivity contribution in [3.63, 3.8) is 0 Å². The lowest BCUT2D eigenvalue weighted by Gasteiger charge is -2.11. The lowest BCUT2D eigenvalue weighted by atomic mass is 10.1. The number of aromatic nitrogens is 2. The number of hydrogen-bond donors (Lipinski definition) is 1. The fraction of sp³-hybridized carbons (Fsp3) is 0.250. The van der Waals surface area contributed by atoms with Crippen molar-refractivity contribution >= 4 is 34.1 Å². The molecule has 1 aromatic heterocycles. The van der Waals surface area contributed by atoms with E-state index in [2.05, 4.69) is 10.3 Å². The van der Waals surface area contributed by atoms with Gasteiger partial charge in [0.25, 0.3) is 11.5 Å². The molecule has 132 valence electrons. The first-order valence-corrected chi connectivity index (χ1v) is 9.10. The van der Waals surface area contributed by atoms with E-state index in [4.69, 9.17) is 11.6 Å². The summed E-state index contributed by atoms with van der Waals surface area (Å²) in [6.07, 6.45) is 4.00. The van der Waals surface area contributed by atoms with Gasteiger partial charge in [-0.25, -0.2) is 4.98 Å². The van der Waals surface area contributed by atoms with Crippen LogP contribution in [0, 0.1) is 0 Å². The number of anilines is 1. The molecule has 0 unspecified atom stereocenters. The second-order valence-corrected chi connectivity index (χ2v) is 6.93. The molecule has 26 heavy (non-hydrogen) atoms. The predicted molar refractivity (Wildman–Crippen MR) is 103 cm³/mol. The molecular weight excluding hydrogens is 350 g/mol. The maximum absolute atomic E-state index is 12.9. The maximum Gasteiger partial charge on any atom is 0.261 e. The summed E-state index contributed by atoms with van der Waals surface area (Å²) in [5, 5.41) is 3.85. The third-order valence-electron chi connectivity index (χ3n) is 4.66. The molecule has 0 fully saturated rings. The van der Waals surface area contributed by atoms with Crippen LogP contribution in [0.5, 0.6) is 0 Å². The molecule has 2 heterocycles. The molecule has 0 aliphatic carbocycles. The van der Waals surface area contributed by atoms with E-state index in [-0.39, 0.29) is 11.5 Å². The molecule has 1 aliphatic heterocycles. The van der Waals surface area contributed by atoms with Crippen molar-refractivity contribution < 1.29 is 4.79 Å². The van der Waals surface area contributed by atoms with Crippen molar-refractivity contribution in [3.05, 3.63) is 69.2 Å². The van der Waals surface area contributed by atoms with Gasteiger partial charge in [-0.05, 0) is 49.2 Å². The van der Waals surface area contributed by atoms with Gasteiger partial charge in [0.15, 0.2) is 0 Å². The number of carbonyl (C=O) groups excluding carboxylic acids is 1. The van der Waals surface area contributed by atoms with Gasteiger partial charge in [0.1, 0.15) is 5.82 Å². The Labute approximate surface area is 155 Å². The van der Waals surface area contributed by atoms with E-state index in [0.29, 0.717) is 33.7 Å². The number of rotatable bonds is 2. The fourth-order valence-corrected chi connectivity index (χ4v) is 3.52. The molecule has 0 saturated carbocycles. The highest BCUT2D eigenvalue weighted by Gasteiger charge is 2.14. The summed E-state index contributed by atoms with van der Waals surface area (Å²) in [6, 6.07) is 12.0. The number of nitrogens with zero attached hydrogens (tertiary/aromatic N) is 2. The topological polar surface area (TPSA) is 64.0 Å². The van der Waals surface area contributed by atoms with Gasteiger partial charge in [0.2, 0.25) is 0 Å². The summed E-state index contributed by atoms with van der Waals surface area (Å²) in [5.74, 6) is 0.588. The highest BCUT2D eigenvalue weighted by molar-refractivity contribution is 6.31. The van der Waals surface area contributed by atoms with Gasteiger partial charge in [-0.15, -0.1) is 0 Å². The third-order valence-corrected chi connectivity index (χ3v) is 4.90. The van der Waals surface area contributed by atoms with Crippen LogP contribution in [0.15, 0.2) is 47.3 Å². The number of amides is 1. The molecule has 0 bridgehead atoms. The lowest BCUT2D eigenvalue weighted by molar-refractivity contribution is 0.102. The van der Waals surface area contributed by atoms with E-state index in [1.807, 2.05) is 0 Å². The van der Waals surface area contributed by atoms with Crippen LogP contribution in [-0.2, 0) is 13.0 Å². The number of fused-ring (bicyclic) bond motifs is 2. The van der Waals surface area contributed by atoms with E-state index in [1.165, 1.54) is 0 Å². The van der Waals surface area contributed by atoms with Crippen molar-refractivity contribution in [1.82, 2.24) is 9.55 Å². The zero-order valence-corrected chi connectivity index (χ0v) is 14.9. The van der Waals surface area contributed by atoms with Crippen LogP contribution < -0.4 is 10.9 Å². The Kier molecular flexibility index (Phi) is 4.47. The summed E-state index contributed by atoms with van der Waals surface area (Å²) in [5.41, 5.74) is 1.67. The second kappa shape index (κ2) is 6.92. The first-order chi connectivity index (χ1) is 12.6. The predicted octanol–water partition coefficient (Wildman–Crippen LogP) is 4.03. The van der Waals surface area contributed by atoms with Gasteiger partial charge in [-0.3, -0.25) is 14.2 Å². The standard InChI is InChI=1S/C20H18ClN3O2/c21-14-6-4-5-13(11-14)19(25)22-15-8-9-17-16(12-15)20(26)24-10-3-1-2-7-18(24)23-17/h4-6,8-9,11-12H,1-3,7,10H2,(H,22,25). The summed E-state index contributed by atoms with van der Waals surface area (Å²) < 4.78 is 1.78. The van der Waals surface area contributed by atoms with Crippen molar-refractivity contribution in [2.45, 2.75) is 32.2 Å². The Morgan fingerprint density at radius 3 is 2.85 bits per heavy atom. The minimum atomic E-state index is -0.269. The molecule has 1 amide bonds. The molecular formula is C20H18ClN3O2. The molecule has 5 nitrogen and oxygen atoms in total. The molecule has 2 aromatic carbocycles. The molecule has 4 rings (SSSR count). The van der Waals surface area contributed by atoms with E-state index < -0.39 is 0 Å². The average molecular weight is 368 g/mol. The van der Waals surface area contributed by atoms with Gasteiger partial charge in [-0.1, -0.05) is 24.1 Å². The lowest BCUT2D eigenvalue weighted by Crippen LogP contribution is -2.24. The third kappa shape index (κ3) is 3.22. The van der Waals surface area contributed by atoms with Crippen LogP contribution in [0.4, 0.5) is 5.69 Å². The average Bonchev–Trinajstić information content (AvgIpc) is 2.88. The summed E-state index contributed by atoms with van der Waals surface area (Å²) in [6.45, 7) is 0.705. The van der Waals surface area contributed by atoms with Crippen molar-refractivity contribution in [2.24, 2.45) is 0 Å². The first-order valence-electron chi connectivity index (χ1n) is 8.72. The van der Waals surface area contributed by atoms with E-state index in [9.17, 15) is 9.59 Å². The normalized spacial score (nSPS) is 13.9. The van der Waals surface area contributed by atoms with Crippen LogP contribution in [0.25, 0.3) is 10.9 Å². The first kappa shape index (κ1) is 16.8. The minimum Gasteiger partial charge on any atom is -0.322 e. The molecule has 3 aromatic rings. The van der Waals surface area contributed by atoms with Crippen molar-refractivity contribution in [2.75, 3.05) is 5.32 Å². The Hall–Kier alpha value is -2.66. The molecule has 6 heteroatoms. The Balaban J connectivity index is 1.70. The highest BCUT2D eigenvalue weighted by atomic mass is 35.5. The summed E-state index contributed by atoms with van der Waals surface area (Å²) >= 11 is 5.94. The summed E-state index contributed by atoms with van der Waals surface area (Å²) in [4.78, 5) is 29.9. The molecule has 0 radical (unpaired) electrons. The number of benzene rings is 2. The number of aryl methyl sites for hydroxylation is 1. The van der Waals surface area contributed by atoms with Gasteiger partial charge in [0, 0.05) is 29.2 Å². The van der Waals surface area contributed by atoms with Gasteiger partial charge >= 0.3 is 0 Å². The SMILES string of the molecule is O=C(Nc1ccc2nc3n(c(=O)c2c1)CCCCC3)c1cccc(Cl)c1.